The third-order valence-corrected chi connectivity index (χ3v) is 7.45. The van der Waals surface area contributed by atoms with Crippen molar-refractivity contribution in [3.63, 3.8) is 0 Å². The van der Waals surface area contributed by atoms with Gasteiger partial charge in [-0.3, -0.25) is 4.79 Å². The summed E-state index contributed by atoms with van der Waals surface area (Å²) in [6, 6.07) is 11.6. The summed E-state index contributed by atoms with van der Waals surface area (Å²) in [4.78, 5) is 13.8. The normalized spacial score (nSPS) is 12.6. The molecule has 35 heavy (non-hydrogen) atoms. The van der Waals surface area contributed by atoms with Gasteiger partial charge in [-0.25, -0.2) is 0 Å². The number of allylic oxidation sites excluding steroid dienone is 2. The number of aromatic nitrogens is 1. The highest BCUT2D eigenvalue weighted by Gasteiger charge is 2.34. The van der Waals surface area contributed by atoms with Gasteiger partial charge in [0.2, 0.25) is 0 Å². The molecule has 0 fully saturated rings. The zero-order valence-corrected chi connectivity index (χ0v) is 23.3. The van der Waals surface area contributed by atoms with Crippen molar-refractivity contribution in [2.24, 2.45) is 5.41 Å². The Kier molecular flexibility index (Phi) is 8.33. The molecule has 1 heterocycles. The highest BCUT2D eigenvalue weighted by atomic mass is 35.5. The van der Waals surface area contributed by atoms with E-state index in [-0.39, 0.29) is 16.5 Å². The van der Waals surface area contributed by atoms with Crippen LogP contribution in [-0.2, 0) is 28.9 Å². The number of ether oxygens (including phenoxy) is 1. The van der Waals surface area contributed by atoms with Gasteiger partial charge in [0, 0.05) is 44.3 Å². The van der Waals surface area contributed by atoms with Crippen molar-refractivity contribution in [1.29, 1.82) is 0 Å². The molecule has 0 bridgehead atoms. The summed E-state index contributed by atoms with van der Waals surface area (Å²) >= 11 is 7.92. The van der Waals surface area contributed by atoms with Crippen LogP contribution >= 0.6 is 23.4 Å². The Bertz CT molecular complexity index is 1230. The number of rotatable bonds is 8. The van der Waals surface area contributed by atoms with Crippen LogP contribution in [0.4, 0.5) is 0 Å². The predicted molar refractivity (Wildman–Crippen MR) is 148 cm³/mol. The summed E-state index contributed by atoms with van der Waals surface area (Å²) < 4.78 is 7.36. The molecular formula is C29H36ClNO3S. The largest absolute Gasteiger partial charge is 0.508 e. The first-order chi connectivity index (χ1) is 16.4. The van der Waals surface area contributed by atoms with E-state index in [9.17, 15) is 9.90 Å². The molecule has 0 unspecified atom stereocenters. The number of benzene rings is 2. The quantitative estimate of drug-likeness (QED) is 0.189. The van der Waals surface area contributed by atoms with Gasteiger partial charge < -0.3 is 14.4 Å². The van der Waals surface area contributed by atoms with E-state index < -0.39 is 5.41 Å². The second kappa shape index (κ2) is 10.7. The molecule has 188 valence electrons. The molecular weight excluding hydrogens is 478 g/mol. The lowest BCUT2D eigenvalue weighted by Gasteiger charge is -2.25. The average Bonchev–Trinajstić information content (AvgIpc) is 3.04. The zero-order valence-electron chi connectivity index (χ0n) is 21.7. The molecule has 0 amide bonds. The molecule has 0 radical (unpaired) electrons. The summed E-state index contributed by atoms with van der Waals surface area (Å²) in [6.07, 6.45) is 5.20. The Hall–Kier alpha value is -2.37. The van der Waals surface area contributed by atoms with E-state index in [0.717, 1.165) is 32.6 Å². The number of phenols is 1. The van der Waals surface area contributed by atoms with Crippen molar-refractivity contribution >= 4 is 40.2 Å². The molecule has 1 N–H and O–H groups in total. The van der Waals surface area contributed by atoms with Crippen LogP contribution in [0.25, 0.3) is 10.9 Å². The van der Waals surface area contributed by atoms with Crippen LogP contribution < -0.4 is 0 Å². The van der Waals surface area contributed by atoms with Gasteiger partial charge in [0.15, 0.2) is 0 Å². The van der Waals surface area contributed by atoms with E-state index in [4.69, 9.17) is 16.3 Å². The van der Waals surface area contributed by atoms with Crippen molar-refractivity contribution in [3.05, 3.63) is 70.4 Å². The number of halogens is 1. The number of carbonyl (C=O) groups excluding carboxylic acids is 1. The fraction of sp³-hybridized carbons (Fsp3) is 0.414. The third kappa shape index (κ3) is 6.25. The van der Waals surface area contributed by atoms with E-state index >= 15 is 0 Å². The van der Waals surface area contributed by atoms with Gasteiger partial charge in [0.25, 0.3) is 0 Å². The highest BCUT2D eigenvalue weighted by Crippen LogP contribution is 2.46. The van der Waals surface area contributed by atoms with Gasteiger partial charge in [-0.15, -0.1) is 11.8 Å². The minimum Gasteiger partial charge on any atom is -0.508 e. The summed E-state index contributed by atoms with van der Waals surface area (Å²) in [7, 11) is 1.44. The van der Waals surface area contributed by atoms with Crippen LogP contribution in [0.1, 0.15) is 58.4 Å². The molecule has 0 saturated heterocycles. The first-order valence-corrected chi connectivity index (χ1v) is 13.1. The Morgan fingerprint density at radius 2 is 1.77 bits per heavy atom. The topological polar surface area (TPSA) is 51.5 Å². The van der Waals surface area contributed by atoms with E-state index in [1.54, 1.807) is 17.8 Å². The van der Waals surface area contributed by atoms with Crippen molar-refractivity contribution in [1.82, 2.24) is 4.57 Å². The fourth-order valence-electron chi connectivity index (χ4n) is 4.27. The summed E-state index contributed by atoms with van der Waals surface area (Å²) in [5.41, 5.74) is 3.40. The van der Waals surface area contributed by atoms with Crippen molar-refractivity contribution in [3.8, 4) is 5.75 Å². The molecule has 0 spiro atoms. The number of carbonyl (C=O) groups is 1. The van der Waals surface area contributed by atoms with Crippen molar-refractivity contribution < 1.29 is 14.6 Å². The van der Waals surface area contributed by atoms with E-state index in [1.165, 1.54) is 7.11 Å². The molecule has 4 nitrogen and oxygen atoms in total. The number of methoxy groups -OCH3 is 1. The first-order valence-electron chi connectivity index (χ1n) is 11.9. The molecule has 0 aliphatic carbocycles. The van der Waals surface area contributed by atoms with Gasteiger partial charge >= 0.3 is 5.97 Å². The Morgan fingerprint density at radius 1 is 1.11 bits per heavy atom. The summed E-state index contributed by atoms with van der Waals surface area (Å²) in [5.74, 6) is 0.0401. The van der Waals surface area contributed by atoms with Gasteiger partial charge in [-0.05, 0) is 57.0 Å². The molecule has 6 heteroatoms. The lowest BCUT2D eigenvalue weighted by Crippen LogP contribution is -2.29. The predicted octanol–water partition coefficient (Wildman–Crippen LogP) is 7.80. The molecule has 1 aromatic heterocycles. The number of hydrogen-bond acceptors (Lipinski definition) is 4. The highest BCUT2D eigenvalue weighted by molar-refractivity contribution is 8.00. The van der Waals surface area contributed by atoms with Crippen LogP contribution in [0.3, 0.4) is 0 Å². The summed E-state index contributed by atoms with van der Waals surface area (Å²) in [6.45, 7) is 13.0. The molecule has 3 rings (SSSR count). The maximum absolute atomic E-state index is 12.7. The van der Waals surface area contributed by atoms with Crippen LogP contribution in [-0.4, -0.2) is 27.5 Å². The Labute approximate surface area is 218 Å². The smallest absolute Gasteiger partial charge is 0.311 e. The number of nitrogens with zero attached hydrogens (tertiary/aromatic N) is 1. The monoisotopic (exact) mass is 513 g/mol. The van der Waals surface area contributed by atoms with E-state index in [1.807, 2.05) is 57.2 Å². The number of aromatic hydroxyl groups is 1. The molecule has 2 aromatic carbocycles. The fourth-order valence-corrected chi connectivity index (χ4v) is 5.64. The second-order valence-electron chi connectivity index (χ2n) is 10.5. The zero-order chi connectivity index (χ0) is 26.0. The van der Waals surface area contributed by atoms with Crippen LogP contribution in [0.2, 0.25) is 5.02 Å². The average molecular weight is 514 g/mol. The van der Waals surface area contributed by atoms with E-state index in [2.05, 4.69) is 31.4 Å². The van der Waals surface area contributed by atoms with Gasteiger partial charge in [-0.1, -0.05) is 56.7 Å². The van der Waals surface area contributed by atoms with Gasteiger partial charge in [0.05, 0.1) is 18.0 Å². The number of thioether (sulfide) groups is 1. The van der Waals surface area contributed by atoms with Crippen LogP contribution in [0.15, 0.2) is 53.4 Å². The van der Waals surface area contributed by atoms with Crippen LogP contribution in [0.5, 0.6) is 5.75 Å². The van der Waals surface area contributed by atoms with E-state index in [0.29, 0.717) is 24.4 Å². The van der Waals surface area contributed by atoms with Crippen molar-refractivity contribution in [2.75, 3.05) is 7.11 Å². The third-order valence-electron chi connectivity index (χ3n) is 5.94. The lowest BCUT2D eigenvalue weighted by molar-refractivity contribution is -0.150. The number of hydrogen-bond donors (Lipinski definition) is 1. The van der Waals surface area contributed by atoms with Gasteiger partial charge in [-0.2, -0.15) is 0 Å². The Balaban J connectivity index is 2.37. The molecule has 3 aromatic rings. The Morgan fingerprint density at radius 3 is 2.34 bits per heavy atom. The first kappa shape index (κ1) is 27.2. The molecule has 0 atom stereocenters. The number of fused-ring (bicyclic) bond motifs is 1. The summed E-state index contributed by atoms with van der Waals surface area (Å²) in [5, 5.41) is 12.6. The van der Waals surface area contributed by atoms with Crippen molar-refractivity contribution in [2.45, 2.75) is 70.6 Å². The molecule has 0 saturated carbocycles. The standard InChI is InChI=1S/C29H36ClNO3S/c1-8-9-10-21-24(32)16-15-22-25(21)26(35-28(2,3)4)23(17-29(5,6)27(33)34-7)31(22)18-19-11-13-20(30)14-12-19/h8-9,11-16,32H,10,17-18H2,1-7H3/b9-8+. The van der Waals surface area contributed by atoms with Crippen LogP contribution in [0, 0.1) is 5.41 Å². The maximum atomic E-state index is 12.7. The maximum Gasteiger partial charge on any atom is 0.311 e. The molecule has 0 aliphatic rings. The SMILES string of the molecule is C/C=C/Cc1c(O)ccc2c1c(SC(C)(C)C)c(CC(C)(C)C(=O)OC)n2Cc1ccc(Cl)cc1. The lowest BCUT2D eigenvalue weighted by atomic mass is 9.87. The number of phenolic OH excluding ortho intramolecular Hbond substituents is 1. The minimum absolute atomic E-state index is 0.0765. The minimum atomic E-state index is -0.723. The van der Waals surface area contributed by atoms with Gasteiger partial charge in [0.1, 0.15) is 5.75 Å². The molecule has 0 aliphatic heterocycles. The second-order valence-corrected chi connectivity index (χ2v) is 12.8. The number of esters is 1.